The number of allylic oxidation sites excluding steroid dienone is 1. The van der Waals surface area contributed by atoms with E-state index in [2.05, 4.69) is 31.0 Å². The molecule has 3 aromatic rings. The molecule has 0 radical (unpaired) electrons. The van der Waals surface area contributed by atoms with Gasteiger partial charge in [0.1, 0.15) is 4.83 Å². The molecule has 0 fully saturated rings. The van der Waals surface area contributed by atoms with Gasteiger partial charge in [-0.1, -0.05) is 25.1 Å². The molecule has 0 atom stereocenters. The average molecular weight is 366 g/mol. The molecule has 2 heterocycles. The van der Waals surface area contributed by atoms with Crippen LogP contribution in [0.4, 0.5) is 11.6 Å². The van der Waals surface area contributed by atoms with Crippen LogP contribution in [0.15, 0.2) is 41.7 Å². The highest BCUT2D eigenvalue weighted by Gasteiger charge is 2.21. The fourth-order valence-corrected chi connectivity index (χ4v) is 4.84. The van der Waals surface area contributed by atoms with Crippen LogP contribution in [-0.2, 0) is 25.8 Å². The first-order valence-electron chi connectivity index (χ1n) is 9.23. The zero-order valence-electron chi connectivity index (χ0n) is 15.0. The number of anilines is 2. The molecule has 134 valence electrons. The Bertz CT molecular complexity index is 1010. The Morgan fingerprint density at radius 1 is 1.27 bits per heavy atom. The molecule has 2 aromatic heterocycles. The second kappa shape index (κ2) is 7.08. The first-order valence-corrected chi connectivity index (χ1v) is 10.0. The van der Waals surface area contributed by atoms with Crippen LogP contribution in [0, 0.1) is 0 Å². The molecular formula is C21H23N3OS. The smallest absolute Gasteiger partial charge is 0.264 e. The third kappa shape index (κ3) is 2.97. The summed E-state index contributed by atoms with van der Waals surface area (Å²) in [5.41, 5.74) is 3.49. The van der Waals surface area contributed by atoms with Gasteiger partial charge in [0.05, 0.1) is 5.39 Å². The molecule has 0 unspecified atom stereocenters. The van der Waals surface area contributed by atoms with E-state index < -0.39 is 0 Å². The molecule has 5 heteroatoms. The molecule has 0 bridgehead atoms. The molecule has 0 saturated heterocycles. The lowest BCUT2D eigenvalue weighted by atomic mass is 9.97. The monoisotopic (exact) mass is 365 g/mol. The van der Waals surface area contributed by atoms with Gasteiger partial charge in [-0.05, 0) is 55.4 Å². The van der Waals surface area contributed by atoms with Crippen molar-refractivity contribution in [1.29, 1.82) is 0 Å². The molecule has 0 amide bonds. The first-order chi connectivity index (χ1) is 12.7. The fraction of sp³-hybridized carbons (Fsp3) is 0.333. The second-order valence-corrected chi connectivity index (χ2v) is 7.79. The number of hydrogen-bond acceptors (Lipinski definition) is 4. The van der Waals surface area contributed by atoms with Crippen LogP contribution in [0.25, 0.3) is 10.2 Å². The molecule has 4 nitrogen and oxygen atoms in total. The van der Waals surface area contributed by atoms with Gasteiger partial charge in [-0.2, -0.15) is 0 Å². The number of thiophene rings is 1. The normalized spacial score (nSPS) is 13.6. The highest BCUT2D eigenvalue weighted by molar-refractivity contribution is 7.18. The van der Waals surface area contributed by atoms with Crippen molar-refractivity contribution in [2.75, 3.05) is 5.32 Å². The summed E-state index contributed by atoms with van der Waals surface area (Å²) >= 11 is 1.68. The molecule has 0 spiro atoms. The standard InChI is InChI=1S/C21H23N3OS/c1-3-13-24-20(25)18-16-7-5-6-8-17(16)26-19(18)23-21(24)22-15-11-9-14(4-2)10-12-15/h3,9-12H,1,4-8,13H2,2H3,(H,22,23). The van der Waals surface area contributed by atoms with E-state index in [9.17, 15) is 4.79 Å². The highest BCUT2D eigenvalue weighted by atomic mass is 32.1. The van der Waals surface area contributed by atoms with Crippen molar-refractivity contribution in [3.05, 3.63) is 63.3 Å². The van der Waals surface area contributed by atoms with Gasteiger partial charge in [-0.15, -0.1) is 17.9 Å². The Hall–Kier alpha value is -2.40. The summed E-state index contributed by atoms with van der Waals surface area (Å²) in [7, 11) is 0. The topological polar surface area (TPSA) is 46.9 Å². The lowest BCUT2D eigenvalue weighted by Crippen LogP contribution is -2.24. The van der Waals surface area contributed by atoms with Gasteiger partial charge in [0.15, 0.2) is 0 Å². The van der Waals surface area contributed by atoms with Gasteiger partial charge >= 0.3 is 0 Å². The van der Waals surface area contributed by atoms with E-state index in [1.54, 1.807) is 22.0 Å². The zero-order chi connectivity index (χ0) is 18.1. The van der Waals surface area contributed by atoms with Gasteiger partial charge in [0.2, 0.25) is 5.95 Å². The maximum absolute atomic E-state index is 13.2. The van der Waals surface area contributed by atoms with Crippen molar-refractivity contribution in [2.45, 2.75) is 45.6 Å². The summed E-state index contributed by atoms with van der Waals surface area (Å²) in [5, 5.41) is 4.15. The summed E-state index contributed by atoms with van der Waals surface area (Å²) in [6.07, 6.45) is 7.18. The largest absolute Gasteiger partial charge is 0.325 e. The van der Waals surface area contributed by atoms with Crippen molar-refractivity contribution in [3.63, 3.8) is 0 Å². The van der Waals surface area contributed by atoms with E-state index in [-0.39, 0.29) is 5.56 Å². The van der Waals surface area contributed by atoms with E-state index in [0.29, 0.717) is 12.5 Å². The number of nitrogens with zero attached hydrogens (tertiary/aromatic N) is 2. The molecule has 1 aromatic carbocycles. The van der Waals surface area contributed by atoms with E-state index in [4.69, 9.17) is 4.98 Å². The van der Waals surface area contributed by atoms with Crippen LogP contribution in [0.5, 0.6) is 0 Å². The molecular weight excluding hydrogens is 342 g/mol. The number of fused-ring (bicyclic) bond motifs is 3. The number of hydrogen-bond donors (Lipinski definition) is 1. The van der Waals surface area contributed by atoms with E-state index in [0.717, 1.165) is 41.6 Å². The molecule has 0 aliphatic heterocycles. The molecule has 1 N–H and O–H groups in total. The van der Waals surface area contributed by atoms with Crippen LogP contribution >= 0.6 is 11.3 Å². The minimum absolute atomic E-state index is 0.0435. The van der Waals surface area contributed by atoms with Crippen molar-refractivity contribution in [3.8, 4) is 0 Å². The van der Waals surface area contributed by atoms with E-state index in [1.807, 2.05) is 12.1 Å². The Morgan fingerprint density at radius 3 is 2.77 bits per heavy atom. The van der Waals surface area contributed by atoms with Crippen molar-refractivity contribution in [1.82, 2.24) is 9.55 Å². The summed E-state index contributed by atoms with van der Waals surface area (Å²) < 4.78 is 1.70. The summed E-state index contributed by atoms with van der Waals surface area (Å²) in [6, 6.07) is 8.26. The van der Waals surface area contributed by atoms with Gasteiger partial charge in [-0.3, -0.25) is 9.36 Å². The van der Waals surface area contributed by atoms with Gasteiger partial charge in [0.25, 0.3) is 5.56 Å². The maximum atomic E-state index is 13.2. The second-order valence-electron chi connectivity index (χ2n) is 6.71. The van der Waals surface area contributed by atoms with Crippen LogP contribution in [0.2, 0.25) is 0 Å². The predicted molar refractivity (Wildman–Crippen MR) is 110 cm³/mol. The third-order valence-electron chi connectivity index (χ3n) is 5.00. The SMILES string of the molecule is C=CCn1c(Nc2ccc(CC)cc2)nc2sc3c(c2c1=O)CCCC3. The van der Waals surface area contributed by atoms with Crippen LogP contribution in [0.3, 0.4) is 0 Å². The molecule has 1 aliphatic carbocycles. The lowest BCUT2D eigenvalue weighted by Gasteiger charge is -2.14. The average Bonchev–Trinajstić information content (AvgIpc) is 3.04. The van der Waals surface area contributed by atoms with Gasteiger partial charge < -0.3 is 5.32 Å². The van der Waals surface area contributed by atoms with Crippen molar-refractivity contribution < 1.29 is 0 Å². The molecule has 4 rings (SSSR count). The Kier molecular flexibility index (Phi) is 4.64. The highest BCUT2D eigenvalue weighted by Crippen LogP contribution is 2.34. The van der Waals surface area contributed by atoms with Gasteiger partial charge in [-0.25, -0.2) is 4.98 Å². The minimum Gasteiger partial charge on any atom is -0.325 e. The van der Waals surface area contributed by atoms with E-state index in [1.165, 1.54) is 22.4 Å². The molecule has 26 heavy (non-hydrogen) atoms. The Labute approximate surface area is 157 Å². The van der Waals surface area contributed by atoms with Crippen LogP contribution < -0.4 is 10.9 Å². The van der Waals surface area contributed by atoms with Crippen molar-refractivity contribution in [2.24, 2.45) is 0 Å². The van der Waals surface area contributed by atoms with Crippen LogP contribution in [0.1, 0.15) is 35.8 Å². The quantitative estimate of drug-likeness (QED) is 0.659. The maximum Gasteiger partial charge on any atom is 0.264 e. The van der Waals surface area contributed by atoms with Crippen LogP contribution in [-0.4, -0.2) is 9.55 Å². The Morgan fingerprint density at radius 2 is 2.04 bits per heavy atom. The van der Waals surface area contributed by atoms with Crippen molar-refractivity contribution >= 4 is 33.2 Å². The predicted octanol–water partition coefficient (Wildman–Crippen LogP) is 4.83. The molecule has 0 saturated carbocycles. The number of rotatable bonds is 5. The zero-order valence-corrected chi connectivity index (χ0v) is 15.9. The number of aromatic nitrogens is 2. The summed E-state index contributed by atoms with van der Waals surface area (Å²) in [5.74, 6) is 0.588. The lowest BCUT2D eigenvalue weighted by molar-refractivity contribution is 0.698. The first kappa shape index (κ1) is 17.0. The minimum atomic E-state index is 0.0435. The van der Waals surface area contributed by atoms with Gasteiger partial charge in [0, 0.05) is 17.1 Å². The third-order valence-corrected chi connectivity index (χ3v) is 6.19. The molecule has 1 aliphatic rings. The number of benzene rings is 1. The number of aryl methyl sites for hydroxylation is 3. The van der Waals surface area contributed by atoms with E-state index >= 15 is 0 Å². The summed E-state index contributed by atoms with van der Waals surface area (Å²) in [6.45, 7) is 6.39. The fourth-order valence-electron chi connectivity index (χ4n) is 3.59. The Balaban J connectivity index is 1.83. The number of nitrogens with one attached hydrogen (secondary N) is 1. The summed E-state index contributed by atoms with van der Waals surface area (Å²) in [4.78, 5) is 20.2.